The average Bonchev–Trinajstić information content (AvgIpc) is 2.98. The van der Waals surface area contributed by atoms with Crippen LogP contribution in [0.5, 0.6) is 0 Å². The molecule has 1 unspecified atom stereocenters. The first-order chi connectivity index (χ1) is 10.7. The Morgan fingerprint density at radius 2 is 2.09 bits per heavy atom. The zero-order valence-electron chi connectivity index (χ0n) is 15.0. The lowest BCUT2D eigenvalue weighted by Gasteiger charge is -2.40. The van der Waals surface area contributed by atoms with Gasteiger partial charge in [0.1, 0.15) is 5.60 Å². The molecule has 5 heteroatoms. The molecule has 0 bridgehead atoms. The molecule has 1 aliphatic rings. The third kappa shape index (κ3) is 5.50. The second kappa shape index (κ2) is 7.22. The van der Waals surface area contributed by atoms with Gasteiger partial charge in [0.05, 0.1) is 0 Å². The lowest BCUT2D eigenvalue weighted by Crippen LogP contribution is -2.47. The van der Waals surface area contributed by atoms with Crippen LogP contribution in [-0.2, 0) is 4.74 Å². The van der Waals surface area contributed by atoms with Crippen LogP contribution in [0.25, 0.3) is 0 Å². The Morgan fingerprint density at radius 3 is 2.61 bits per heavy atom. The number of likely N-dealkylation sites (tertiary alicyclic amines) is 1. The van der Waals surface area contributed by atoms with Crippen LogP contribution in [0.2, 0.25) is 0 Å². The molecule has 130 valence electrons. The summed E-state index contributed by atoms with van der Waals surface area (Å²) in [5, 5.41) is 5.77. The first-order valence-electron chi connectivity index (χ1n) is 8.43. The number of nitrogens with one attached hydrogen (secondary N) is 1. The van der Waals surface area contributed by atoms with E-state index in [4.69, 9.17) is 4.74 Å². The van der Waals surface area contributed by atoms with Crippen LogP contribution in [-0.4, -0.2) is 36.2 Å². The van der Waals surface area contributed by atoms with E-state index in [9.17, 15) is 4.79 Å². The topological polar surface area (TPSA) is 41.6 Å². The number of thiophene rings is 1. The summed E-state index contributed by atoms with van der Waals surface area (Å²) in [5.41, 5.74) is -0.181. The molecule has 4 nitrogen and oxygen atoms in total. The molecule has 1 saturated heterocycles. The molecule has 1 aromatic rings. The molecule has 2 heterocycles. The van der Waals surface area contributed by atoms with E-state index in [0.717, 1.165) is 32.5 Å². The van der Waals surface area contributed by atoms with Crippen molar-refractivity contribution in [3.8, 4) is 0 Å². The van der Waals surface area contributed by atoms with Gasteiger partial charge in [0.15, 0.2) is 0 Å². The van der Waals surface area contributed by atoms with Crippen LogP contribution in [0.15, 0.2) is 17.5 Å². The van der Waals surface area contributed by atoms with Gasteiger partial charge in [-0.3, -0.25) is 0 Å². The van der Waals surface area contributed by atoms with Gasteiger partial charge in [-0.25, -0.2) is 4.79 Å². The van der Waals surface area contributed by atoms with E-state index < -0.39 is 5.60 Å². The predicted molar refractivity (Wildman–Crippen MR) is 95.9 cm³/mol. The van der Waals surface area contributed by atoms with Crippen molar-refractivity contribution in [2.75, 3.05) is 19.6 Å². The number of rotatable bonds is 4. The molecule has 1 N–H and O–H groups in total. The van der Waals surface area contributed by atoms with E-state index in [1.807, 2.05) is 25.7 Å². The maximum Gasteiger partial charge on any atom is 0.410 e. The summed E-state index contributed by atoms with van der Waals surface area (Å²) in [4.78, 5) is 15.4. The molecule has 23 heavy (non-hydrogen) atoms. The summed E-state index contributed by atoms with van der Waals surface area (Å²) in [6.45, 7) is 12.8. The first kappa shape index (κ1) is 18.3. The highest BCUT2D eigenvalue weighted by Crippen LogP contribution is 2.32. The molecule has 0 aromatic carbocycles. The van der Waals surface area contributed by atoms with E-state index in [1.165, 1.54) is 4.88 Å². The van der Waals surface area contributed by atoms with Crippen molar-refractivity contribution in [3.05, 3.63) is 22.4 Å². The number of ether oxygens (including phenoxy) is 1. The standard InChI is InChI=1S/C18H30N2O2S/c1-14(15-7-6-12-23-15)19-13-18(5)8-10-20(11-9-18)16(21)22-17(2,3)4/h6-7,12,14,19H,8-11,13H2,1-5H3. The van der Waals surface area contributed by atoms with Crippen molar-refractivity contribution >= 4 is 17.4 Å². The predicted octanol–water partition coefficient (Wildman–Crippen LogP) is 4.44. The highest BCUT2D eigenvalue weighted by atomic mass is 32.1. The molecule has 0 radical (unpaired) electrons. The molecule has 1 fully saturated rings. The molecule has 1 amide bonds. The van der Waals surface area contributed by atoms with Crippen molar-refractivity contribution in [3.63, 3.8) is 0 Å². The molecular formula is C18H30N2O2S. The van der Waals surface area contributed by atoms with Crippen LogP contribution >= 0.6 is 11.3 Å². The van der Waals surface area contributed by atoms with E-state index in [2.05, 4.69) is 36.7 Å². The quantitative estimate of drug-likeness (QED) is 0.882. The van der Waals surface area contributed by atoms with Gasteiger partial charge >= 0.3 is 6.09 Å². The smallest absolute Gasteiger partial charge is 0.410 e. The van der Waals surface area contributed by atoms with Gasteiger partial charge in [0, 0.05) is 30.6 Å². The maximum atomic E-state index is 12.1. The summed E-state index contributed by atoms with van der Waals surface area (Å²) in [6, 6.07) is 4.66. The number of hydrogen-bond donors (Lipinski definition) is 1. The third-order valence-corrected chi connectivity index (χ3v) is 5.48. The molecular weight excluding hydrogens is 308 g/mol. The largest absolute Gasteiger partial charge is 0.444 e. The summed E-state index contributed by atoms with van der Waals surface area (Å²) in [6.07, 6.45) is 1.84. The minimum absolute atomic E-state index is 0.181. The zero-order chi connectivity index (χ0) is 17.1. The Labute approximate surface area is 144 Å². The van der Waals surface area contributed by atoms with Gasteiger partial charge in [0.25, 0.3) is 0 Å². The Bertz CT molecular complexity index is 500. The van der Waals surface area contributed by atoms with Gasteiger partial charge in [-0.05, 0) is 57.4 Å². The Kier molecular flexibility index (Phi) is 5.74. The van der Waals surface area contributed by atoms with Gasteiger partial charge in [-0.2, -0.15) is 0 Å². The lowest BCUT2D eigenvalue weighted by molar-refractivity contribution is 0.0117. The van der Waals surface area contributed by atoms with Crippen LogP contribution < -0.4 is 5.32 Å². The van der Waals surface area contributed by atoms with Gasteiger partial charge in [-0.15, -0.1) is 11.3 Å². The number of hydrogen-bond acceptors (Lipinski definition) is 4. The zero-order valence-corrected chi connectivity index (χ0v) is 15.8. The first-order valence-corrected chi connectivity index (χ1v) is 9.31. The van der Waals surface area contributed by atoms with Gasteiger partial charge in [0.2, 0.25) is 0 Å². The SMILES string of the molecule is CC(NCC1(C)CCN(C(=O)OC(C)(C)C)CC1)c1cccs1. The normalized spacial score (nSPS) is 19.4. The fourth-order valence-electron chi connectivity index (χ4n) is 2.77. The summed E-state index contributed by atoms with van der Waals surface area (Å²) in [5.74, 6) is 0. The third-order valence-electron chi connectivity index (χ3n) is 4.43. The van der Waals surface area contributed by atoms with Crippen molar-refractivity contribution in [2.24, 2.45) is 5.41 Å². The number of piperidine rings is 1. The Morgan fingerprint density at radius 1 is 1.43 bits per heavy atom. The molecule has 0 spiro atoms. The Hall–Kier alpha value is -1.07. The summed E-state index contributed by atoms with van der Waals surface area (Å²) in [7, 11) is 0. The average molecular weight is 339 g/mol. The second-order valence-corrected chi connectivity index (χ2v) is 8.88. The molecule has 1 aromatic heterocycles. The summed E-state index contributed by atoms with van der Waals surface area (Å²) < 4.78 is 5.47. The molecule has 0 aliphatic carbocycles. The molecule has 2 rings (SSSR count). The molecule has 1 atom stereocenters. The van der Waals surface area contributed by atoms with Crippen molar-refractivity contribution in [2.45, 2.75) is 59.1 Å². The van der Waals surface area contributed by atoms with Crippen molar-refractivity contribution in [1.82, 2.24) is 10.2 Å². The molecule has 1 aliphatic heterocycles. The number of carbonyl (C=O) groups is 1. The van der Waals surface area contributed by atoms with Crippen LogP contribution in [0.3, 0.4) is 0 Å². The minimum Gasteiger partial charge on any atom is -0.444 e. The second-order valence-electron chi connectivity index (χ2n) is 7.90. The highest BCUT2D eigenvalue weighted by molar-refractivity contribution is 7.10. The summed E-state index contributed by atoms with van der Waals surface area (Å²) >= 11 is 1.79. The van der Waals surface area contributed by atoms with E-state index in [0.29, 0.717) is 6.04 Å². The van der Waals surface area contributed by atoms with E-state index >= 15 is 0 Å². The van der Waals surface area contributed by atoms with Crippen molar-refractivity contribution < 1.29 is 9.53 Å². The minimum atomic E-state index is -0.421. The number of carbonyl (C=O) groups excluding carboxylic acids is 1. The fourth-order valence-corrected chi connectivity index (χ4v) is 3.53. The fraction of sp³-hybridized carbons (Fsp3) is 0.722. The molecule has 0 saturated carbocycles. The number of amides is 1. The highest BCUT2D eigenvalue weighted by Gasteiger charge is 2.33. The van der Waals surface area contributed by atoms with Gasteiger partial charge in [-0.1, -0.05) is 13.0 Å². The monoisotopic (exact) mass is 338 g/mol. The van der Waals surface area contributed by atoms with Crippen LogP contribution in [0.1, 0.15) is 58.4 Å². The number of nitrogens with zero attached hydrogens (tertiary/aromatic N) is 1. The van der Waals surface area contributed by atoms with Crippen molar-refractivity contribution in [1.29, 1.82) is 0 Å². The maximum absolute atomic E-state index is 12.1. The lowest BCUT2D eigenvalue weighted by atomic mass is 9.80. The van der Waals surface area contributed by atoms with E-state index in [1.54, 1.807) is 11.3 Å². The van der Waals surface area contributed by atoms with E-state index in [-0.39, 0.29) is 11.5 Å². The Balaban J connectivity index is 1.79. The van der Waals surface area contributed by atoms with Gasteiger partial charge < -0.3 is 15.0 Å². The van der Waals surface area contributed by atoms with Crippen LogP contribution in [0.4, 0.5) is 4.79 Å². The van der Waals surface area contributed by atoms with Crippen LogP contribution in [0, 0.1) is 5.41 Å².